The monoisotopic (exact) mass is 189 g/mol. The molecular formula is C9H17NO3. The molecule has 0 atom stereocenters. The molecule has 0 aromatic rings. The minimum atomic E-state index is -2.66. The topological polar surface area (TPSA) is 66.4 Å². The Kier molecular flexibility index (Phi) is 4.98. The van der Waals surface area contributed by atoms with Crippen LogP contribution in [0, 0.1) is 0 Å². The van der Waals surface area contributed by atoms with Gasteiger partial charge in [0.1, 0.15) is 6.50 Å². The van der Waals surface area contributed by atoms with Crippen LogP contribution in [0.4, 0.5) is 0 Å². The fourth-order valence-electron chi connectivity index (χ4n) is 0.898. The van der Waals surface area contributed by atoms with Gasteiger partial charge in [0.05, 0.1) is 2.74 Å². The van der Waals surface area contributed by atoms with Crippen molar-refractivity contribution in [3.05, 3.63) is 0 Å². The van der Waals surface area contributed by atoms with E-state index in [-0.39, 0.29) is 6.42 Å². The molecular weight excluding hydrogens is 170 g/mol. The number of nitrogens with one attached hydrogen (secondary N) is 1. The maximum absolute atomic E-state index is 11.1. The van der Waals surface area contributed by atoms with Gasteiger partial charge in [0.15, 0.2) is 0 Å². The van der Waals surface area contributed by atoms with Crippen LogP contribution in [-0.4, -0.2) is 23.5 Å². The molecule has 0 aliphatic rings. The van der Waals surface area contributed by atoms with E-state index in [4.69, 9.17) is 7.85 Å². The summed E-state index contributed by atoms with van der Waals surface area (Å²) in [6.07, 6.45) is 3.82. The maximum atomic E-state index is 11.1. The molecule has 2 N–H and O–H groups in total. The van der Waals surface area contributed by atoms with Gasteiger partial charge in [0.25, 0.3) is 0 Å². The predicted octanol–water partition coefficient (Wildman–Crippen LogP) is 1.16. The molecule has 0 rings (SSSR count). The van der Waals surface area contributed by atoms with Gasteiger partial charge in [-0.1, -0.05) is 26.2 Å². The zero-order chi connectivity index (χ0) is 11.9. The van der Waals surface area contributed by atoms with E-state index in [1.165, 1.54) is 0 Å². The number of carboxylic acids is 1. The molecule has 0 saturated heterocycles. The third kappa shape index (κ3) is 8.85. The van der Waals surface area contributed by atoms with E-state index in [9.17, 15) is 9.59 Å². The molecule has 0 unspecified atom stereocenters. The molecule has 0 aromatic heterocycles. The minimum absolute atomic E-state index is 0.173. The normalized spacial score (nSPS) is 13.0. The fourth-order valence-corrected chi connectivity index (χ4v) is 0.898. The molecule has 0 aliphatic carbocycles. The van der Waals surface area contributed by atoms with Crippen LogP contribution in [0.25, 0.3) is 0 Å². The van der Waals surface area contributed by atoms with Crippen molar-refractivity contribution in [3.63, 3.8) is 0 Å². The van der Waals surface area contributed by atoms with Gasteiger partial charge in [0.2, 0.25) is 5.91 Å². The summed E-state index contributed by atoms with van der Waals surface area (Å²) in [5.74, 6) is -2.23. The Hall–Kier alpha value is -1.06. The molecule has 0 spiro atoms. The first kappa shape index (κ1) is 8.53. The van der Waals surface area contributed by atoms with Crippen LogP contribution in [0.3, 0.4) is 0 Å². The van der Waals surface area contributed by atoms with Crippen LogP contribution in [0.1, 0.15) is 41.8 Å². The molecule has 0 aliphatic heterocycles. The summed E-state index contributed by atoms with van der Waals surface area (Å²) in [7, 11) is 0. The van der Waals surface area contributed by atoms with Gasteiger partial charge in [0, 0.05) is 6.42 Å². The number of carbonyl (C=O) groups excluding carboxylic acids is 1. The van der Waals surface area contributed by atoms with Gasteiger partial charge in [-0.05, 0) is 6.42 Å². The Morgan fingerprint density at radius 3 is 2.62 bits per heavy atom. The number of carboxylic acid groups (broad SMARTS) is 1. The molecule has 0 aromatic carbocycles. The van der Waals surface area contributed by atoms with E-state index in [1.807, 2.05) is 12.2 Å². The summed E-state index contributed by atoms with van der Waals surface area (Å²) < 4.78 is 13.9. The van der Waals surface area contributed by atoms with Crippen LogP contribution in [0.5, 0.6) is 0 Å². The van der Waals surface area contributed by atoms with E-state index in [0.29, 0.717) is 6.42 Å². The first-order valence-electron chi connectivity index (χ1n) is 5.44. The third-order valence-corrected chi connectivity index (χ3v) is 1.57. The summed E-state index contributed by atoms with van der Waals surface area (Å²) in [6, 6.07) is 0. The number of amides is 1. The number of rotatable bonds is 7. The van der Waals surface area contributed by atoms with E-state index >= 15 is 0 Å². The van der Waals surface area contributed by atoms with E-state index in [0.717, 1.165) is 19.3 Å². The van der Waals surface area contributed by atoms with Crippen molar-refractivity contribution < 1.29 is 17.4 Å². The second-order valence-electron chi connectivity index (χ2n) is 2.79. The van der Waals surface area contributed by atoms with Gasteiger partial charge < -0.3 is 10.4 Å². The molecule has 0 bridgehead atoms. The summed E-state index contributed by atoms with van der Waals surface area (Å²) in [4.78, 5) is 21.5. The molecule has 13 heavy (non-hydrogen) atoms. The fraction of sp³-hybridized carbons (Fsp3) is 0.778. The lowest BCUT2D eigenvalue weighted by Crippen LogP contribution is -2.28. The smallest absolute Gasteiger partial charge is 0.322 e. The second kappa shape index (κ2) is 7.58. The lowest BCUT2D eigenvalue weighted by molar-refractivity contribution is -0.137. The van der Waals surface area contributed by atoms with Crippen molar-refractivity contribution in [1.29, 1.82) is 0 Å². The van der Waals surface area contributed by atoms with Crippen molar-refractivity contribution >= 4 is 11.9 Å². The first-order valence-corrected chi connectivity index (χ1v) is 4.44. The molecule has 4 heteroatoms. The SMILES string of the molecule is [2H]C([2H])(NC(=O)CCCCCC)C(=O)O. The molecule has 1 amide bonds. The summed E-state index contributed by atoms with van der Waals surface area (Å²) in [5.41, 5.74) is 0. The second-order valence-corrected chi connectivity index (χ2v) is 2.79. The maximum Gasteiger partial charge on any atom is 0.322 e. The largest absolute Gasteiger partial charge is 0.480 e. The zero-order valence-corrected chi connectivity index (χ0v) is 7.80. The number of aliphatic carboxylic acids is 1. The average molecular weight is 189 g/mol. The van der Waals surface area contributed by atoms with Crippen LogP contribution in [0.15, 0.2) is 0 Å². The number of unbranched alkanes of at least 4 members (excludes halogenated alkanes) is 3. The first-order chi connectivity index (χ1) is 6.90. The summed E-state index contributed by atoms with van der Waals surface area (Å²) in [5, 5.41) is 10.2. The lowest BCUT2D eigenvalue weighted by Gasteiger charge is -2.01. The van der Waals surface area contributed by atoms with Crippen molar-refractivity contribution in [3.8, 4) is 0 Å². The van der Waals surface area contributed by atoms with Gasteiger partial charge in [-0.3, -0.25) is 9.59 Å². The average Bonchev–Trinajstić information content (AvgIpc) is 2.11. The molecule has 0 heterocycles. The Bertz CT molecular complexity index is 231. The van der Waals surface area contributed by atoms with Crippen molar-refractivity contribution in [1.82, 2.24) is 5.32 Å². The Balaban J connectivity index is 3.79. The molecule has 76 valence electrons. The lowest BCUT2D eigenvalue weighted by atomic mass is 10.1. The highest BCUT2D eigenvalue weighted by atomic mass is 16.4. The van der Waals surface area contributed by atoms with Gasteiger partial charge in [-0.2, -0.15) is 0 Å². The summed E-state index contributed by atoms with van der Waals surface area (Å²) >= 11 is 0. The van der Waals surface area contributed by atoms with E-state index < -0.39 is 18.4 Å². The summed E-state index contributed by atoms with van der Waals surface area (Å²) in [6.45, 7) is -0.620. The third-order valence-electron chi connectivity index (χ3n) is 1.57. The van der Waals surface area contributed by atoms with Gasteiger partial charge in [-0.25, -0.2) is 0 Å². The standard InChI is InChI=1S/C9H17NO3/c1-2-3-4-5-6-8(11)10-7-9(12)13/h2-7H2,1H3,(H,10,11)(H,12,13)/i7D2. The molecule has 4 nitrogen and oxygen atoms in total. The predicted molar refractivity (Wildman–Crippen MR) is 49.4 cm³/mol. The van der Waals surface area contributed by atoms with Crippen LogP contribution in [0.2, 0.25) is 0 Å². The Morgan fingerprint density at radius 1 is 1.38 bits per heavy atom. The Labute approximate surface area is 81.1 Å². The molecule has 0 fully saturated rings. The quantitative estimate of drug-likeness (QED) is 0.590. The van der Waals surface area contributed by atoms with Crippen molar-refractivity contribution in [2.45, 2.75) is 39.0 Å². The highest BCUT2D eigenvalue weighted by Crippen LogP contribution is 2.01. The highest BCUT2D eigenvalue weighted by Gasteiger charge is 2.02. The van der Waals surface area contributed by atoms with E-state index in [2.05, 4.69) is 0 Å². The Morgan fingerprint density at radius 2 is 2.08 bits per heavy atom. The van der Waals surface area contributed by atoms with Crippen LogP contribution < -0.4 is 5.32 Å². The van der Waals surface area contributed by atoms with Crippen molar-refractivity contribution in [2.75, 3.05) is 6.50 Å². The zero-order valence-electron chi connectivity index (χ0n) is 9.80. The molecule has 0 radical (unpaired) electrons. The molecule has 0 saturated carbocycles. The number of carbonyl (C=O) groups is 2. The van der Waals surface area contributed by atoms with Gasteiger partial charge >= 0.3 is 5.97 Å². The van der Waals surface area contributed by atoms with Gasteiger partial charge in [-0.15, -0.1) is 0 Å². The number of hydrogen-bond acceptors (Lipinski definition) is 2. The number of hydrogen-bond donors (Lipinski definition) is 2. The van der Waals surface area contributed by atoms with Crippen LogP contribution in [-0.2, 0) is 9.59 Å². The minimum Gasteiger partial charge on any atom is -0.480 e. The van der Waals surface area contributed by atoms with Crippen LogP contribution >= 0.6 is 0 Å². The highest BCUT2D eigenvalue weighted by molar-refractivity contribution is 5.80. The van der Waals surface area contributed by atoms with Crippen molar-refractivity contribution in [2.24, 2.45) is 0 Å². The van der Waals surface area contributed by atoms with E-state index in [1.54, 1.807) is 0 Å².